The number of phenolic OH excluding ortho intramolecular Hbond substituents is 1. The van der Waals surface area contributed by atoms with E-state index in [2.05, 4.69) is 59.5 Å². The lowest BCUT2D eigenvalue weighted by Crippen LogP contribution is -2.21. The first-order valence-corrected chi connectivity index (χ1v) is 43.7. The molecular formula is C101H106ClN13O14. The Morgan fingerprint density at radius 2 is 0.798 bits per heavy atom. The van der Waals surface area contributed by atoms with Crippen LogP contribution in [0.2, 0.25) is 0 Å². The number of ether oxygens (including phenoxy) is 8. The minimum absolute atomic E-state index is 0.0370. The molecule has 0 spiro atoms. The quantitative estimate of drug-likeness (QED) is 0.0102. The van der Waals surface area contributed by atoms with Gasteiger partial charge in [0, 0.05) is 144 Å². The van der Waals surface area contributed by atoms with Crippen molar-refractivity contribution < 1.29 is 62.6 Å². The maximum absolute atomic E-state index is 12.2. The number of methoxy groups -OCH3 is 4. The van der Waals surface area contributed by atoms with Gasteiger partial charge in [0.15, 0.2) is 0 Å². The number of nitrogens with zero attached hydrogens (tertiary/aromatic N) is 9. The van der Waals surface area contributed by atoms with Gasteiger partial charge in [0.2, 0.25) is 0 Å². The highest BCUT2D eigenvalue weighted by Crippen LogP contribution is 2.51. The number of nitrogens with two attached hydrogens (primary N) is 3. The van der Waals surface area contributed by atoms with Crippen LogP contribution in [-0.2, 0) is 18.9 Å². The van der Waals surface area contributed by atoms with Crippen molar-refractivity contribution in [2.24, 2.45) is 11.8 Å². The number of hydrogen-bond donors (Lipinski definition) is 6. The Balaban J connectivity index is 0.000000136. The SMILES string of the molecule is CC(O)C1CC1.CCCOC.COCCOc1ccc2c(C#N)c(-c3ccc(N)cc3)n(C3CC3)c2c1.COCCOc1ccc2c(C#N)c(-c3ccc(NC(=O)OC(C)C4CC4)cc3)n(C3CC3)c2c1.COc1ccc2c(C#N)c(-c3ccc(N)cc3)n(C3CC3)c2c1.N#Cc1c(-c2ccc(N)cc2)n(C2CC2)c2cc(O)ccc12.O=C(Cl)Oc1ccc([N+](=O)[O-])cc1. The Kier molecular flexibility index (Phi) is 30.9. The first-order valence-electron chi connectivity index (χ1n) is 43.3. The number of nitriles is 4. The van der Waals surface area contributed by atoms with Gasteiger partial charge < -0.3 is 83.6 Å². The van der Waals surface area contributed by atoms with E-state index in [0.717, 1.165) is 200 Å². The van der Waals surface area contributed by atoms with E-state index in [1.54, 1.807) is 40.6 Å². The monoisotopic (exact) mass is 1760 g/mol. The van der Waals surface area contributed by atoms with Crippen LogP contribution >= 0.6 is 11.6 Å². The van der Waals surface area contributed by atoms with Gasteiger partial charge in [-0.05, 0) is 241 Å². The average molecular weight is 1760 g/mol. The van der Waals surface area contributed by atoms with E-state index in [4.69, 9.17) is 67.1 Å². The zero-order chi connectivity index (χ0) is 91.5. The zero-order valence-electron chi connectivity index (χ0n) is 73.3. The first kappa shape index (κ1) is 92.6. The number of aromatic nitrogens is 4. The van der Waals surface area contributed by atoms with Crippen molar-refractivity contribution in [3.8, 4) is 98.1 Å². The number of aromatic hydroxyl groups is 1. The molecule has 0 radical (unpaired) electrons. The number of halogens is 1. The number of non-ortho nitro benzene ring substituents is 1. The molecule has 0 aliphatic heterocycles. The predicted molar refractivity (Wildman–Crippen MR) is 501 cm³/mol. The van der Waals surface area contributed by atoms with Gasteiger partial charge in [-0.15, -0.1) is 0 Å². The van der Waals surface area contributed by atoms with Crippen molar-refractivity contribution in [3.63, 3.8) is 0 Å². The first-order chi connectivity index (χ1) is 62.5. The van der Waals surface area contributed by atoms with Gasteiger partial charge in [-0.25, -0.2) is 9.59 Å². The van der Waals surface area contributed by atoms with Gasteiger partial charge in [-0.1, -0.05) is 55.5 Å². The Hall–Kier alpha value is -14.0. The Labute approximate surface area is 753 Å². The lowest BCUT2D eigenvalue weighted by atomic mass is 10.1. The molecule has 13 aromatic rings. The smallest absolute Gasteiger partial charge is 0.411 e. The standard InChI is InChI=1S/C27H29N3O4.C21H21N3O2.C19H17N3O.C18H15N3O.C7H4ClNO4.C5H10O.C4H10O/c1-17(18-3-4-18)34-27(31)29-20-7-5-19(6-8-20)26-24(16-28)23-12-11-22(33-14-13-32-2)15-25(23)30(26)21-9-10-21;1-25-10-11-26-17-8-9-18-19(13-22)21(14-2-4-15(23)5-3-14)24(16-6-7-16)20(18)12-17;1-23-15-8-9-16-17(11-20)19(12-2-4-13(21)5-3-12)22(14-6-7-14)18(16)10-15;19-10-16-15-8-7-14(22)9-17(15)21(13-5-6-13)18(16)11-1-3-12(20)4-2-11;8-7(10)13-6-3-1-5(2-4-6)9(11)12;1-4(6)5-2-3-5;1-3-4-5-2/h5-8,11-12,15,17-18,21H,3-4,9-10,13-14H2,1-2H3,(H,29,31);2-5,8-9,12,16H,6-7,10-11,23H2,1H3;2-5,8-10,14H,6-7,21H2,1H3;1-4,7-9,13,22H,5-6,20H2;1-4H;4-6H,2-3H2,1H3;3-4H2,1-2H3. The lowest BCUT2D eigenvalue weighted by molar-refractivity contribution is -0.384. The molecule has 9 aromatic carbocycles. The largest absolute Gasteiger partial charge is 0.508 e. The molecular weight excluding hydrogens is 1650 g/mol. The normalized spacial score (nSPS) is 14.4. The summed E-state index contributed by atoms with van der Waals surface area (Å²) in [6, 6.07) is 69.8. The molecule has 0 bridgehead atoms. The minimum Gasteiger partial charge on any atom is -0.508 e. The molecule has 6 aliphatic carbocycles. The number of nitro groups is 1. The van der Waals surface area contributed by atoms with Crippen LogP contribution in [0.3, 0.4) is 0 Å². The summed E-state index contributed by atoms with van der Waals surface area (Å²) in [6.45, 7) is 8.81. The summed E-state index contributed by atoms with van der Waals surface area (Å²) in [5, 5.41) is 74.6. The fourth-order valence-corrected chi connectivity index (χ4v) is 15.6. The van der Waals surface area contributed by atoms with Crippen molar-refractivity contribution in [1.82, 2.24) is 18.3 Å². The molecule has 666 valence electrons. The number of hydrogen-bond acceptors (Lipinski definition) is 21. The Bertz CT molecular complexity index is 6290. The van der Waals surface area contributed by atoms with Crippen molar-refractivity contribution in [2.75, 3.05) is 84.0 Å². The number of nitrogen functional groups attached to an aromatic ring is 3. The number of amides is 1. The van der Waals surface area contributed by atoms with E-state index < -0.39 is 16.4 Å². The number of carbonyl (C=O) groups excluding carboxylic acids is 2. The number of carbonyl (C=O) groups is 2. The van der Waals surface area contributed by atoms with E-state index in [1.165, 1.54) is 37.1 Å². The van der Waals surface area contributed by atoms with Crippen LogP contribution in [0.5, 0.6) is 28.7 Å². The van der Waals surface area contributed by atoms with Crippen LogP contribution in [0.25, 0.3) is 88.6 Å². The molecule has 6 fully saturated rings. The molecule has 4 aromatic heterocycles. The van der Waals surface area contributed by atoms with Crippen molar-refractivity contribution in [2.45, 2.75) is 141 Å². The van der Waals surface area contributed by atoms with Crippen LogP contribution in [0, 0.1) is 67.3 Å². The summed E-state index contributed by atoms with van der Waals surface area (Å²) in [5.74, 6) is 3.91. The number of phenols is 1. The van der Waals surface area contributed by atoms with Gasteiger partial charge in [-0.2, -0.15) is 21.0 Å². The number of nitrogens with one attached hydrogen (secondary N) is 1. The van der Waals surface area contributed by atoms with Crippen LogP contribution < -0.4 is 41.5 Å². The molecule has 27 nitrogen and oxygen atoms in total. The van der Waals surface area contributed by atoms with Crippen molar-refractivity contribution in [3.05, 3.63) is 226 Å². The number of anilines is 4. The molecule has 129 heavy (non-hydrogen) atoms. The van der Waals surface area contributed by atoms with Gasteiger partial charge in [-0.3, -0.25) is 15.4 Å². The van der Waals surface area contributed by atoms with Gasteiger partial charge in [0.05, 0.1) is 98.4 Å². The number of nitro benzene ring substituents is 1. The van der Waals surface area contributed by atoms with E-state index in [0.29, 0.717) is 90.5 Å². The zero-order valence-corrected chi connectivity index (χ0v) is 74.0. The number of rotatable bonds is 25. The van der Waals surface area contributed by atoms with E-state index in [1.807, 2.05) is 172 Å². The summed E-state index contributed by atoms with van der Waals surface area (Å²) in [6.07, 6.45) is 14.3. The Morgan fingerprint density at radius 3 is 1.09 bits per heavy atom. The van der Waals surface area contributed by atoms with Crippen LogP contribution in [0.15, 0.2) is 194 Å². The molecule has 6 aliphatic rings. The van der Waals surface area contributed by atoms with Crippen LogP contribution in [-0.4, -0.2) is 119 Å². The highest BCUT2D eigenvalue weighted by molar-refractivity contribution is 6.61. The van der Waals surface area contributed by atoms with Crippen molar-refractivity contribution in [1.29, 1.82) is 21.0 Å². The molecule has 4 heterocycles. The molecule has 0 saturated heterocycles. The number of benzene rings is 9. The molecule has 28 heteroatoms. The van der Waals surface area contributed by atoms with E-state index in [-0.39, 0.29) is 29.4 Å². The second kappa shape index (κ2) is 43.0. The van der Waals surface area contributed by atoms with Gasteiger partial charge in [0.1, 0.15) is 72.3 Å². The average Bonchev–Trinajstić information content (AvgIpc) is 1.60. The van der Waals surface area contributed by atoms with Crippen LogP contribution in [0.4, 0.5) is 38.0 Å². The molecule has 6 saturated carbocycles. The summed E-state index contributed by atoms with van der Waals surface area (Å²) < 4.78 is 50.7. The number of aliphatic hydroxyl groups is 1. The molecule has 19 rings (SSSR count). The van der Waals surface area contributed by atoms with Gasteiger partial charge in [0.25, 0.3) is 5.69 Å². The maximum atomic E-state index is 12.2. The number of fused-ring (bicyclic) bond motifs is 4. The highest BCUT2D eigenvalue weighted by Gasteiger charge is 2.36. The van der Waals surface area contributed by atoms with E-state index in [9.17, 15) is 45.9 Å². The predicted octanol–water partition coefficient (Wildman–Crippen LogP) is 22.1. The minimum atomic E-state index is -0.978. The van der Waals surface area contributed by atoms with Crippen LogP contribution in [0.1, 0.15) is 151 Å². The summed E-state index contributed by atoms with van der Waals surface area (Å²) >= 11 is 4.92. The highest BCUT2D eigenvalue weighted by atomic mass is 35.5. The van der Waals surface area contributed by atoms with E-state index >= 15 is 0 Å². The summed E-state index contributed by atoms with van der Waals surface area (Å²) in [7, 11) is 6.68. The second-order valence-corrected chi connectivity index (χ2v) is 32.9. The van der Waals surface area contributed by atoms with Crippen molar-refractivity contribution >= 4 is 95.2 Å². The third-order valence-corrected chi connectivity index (χ3v) is 22.9. The molecule has 2 unspecified atom stereocenters. The van der Waals surface area contributed by atoms with Gasteiger partial charge >= 0.3 is 11.5 Å². The second-order valence-electron chi connectivity index (χ2n) is 32.5. The topological polar surface area (TPSA) is 397 Å². The molecule has 1 amide bonds. The fraction of sp³-hybridized carbons (Fsp3) is 0.327. The molecule has 2 atom stereocenters. The third-order valence-electron chi connectivity index (χ3n) is 22.9. The Morgan fingerprint density at radius 1 is 0.465 bits per heavy atom. The fourth-order valence-electron chi connectivity index (χ4n) is 15.5. The molecule has 9 N–H and O–H groups in total. The number of aliphatic hydroxyl groups excluding tert-OH is 1. The third kappa shape index (κ3) is 23.2. The lowest BCUT2D eigenvalue weighted by Gasteiger charge is -2.14. The summed E-state index contributed by atoms with van der Waals surface area (Å²) in [4.78, 5) is 32.1. The maximum Gasteiger partial charge on any atom is 0.411 e. The summed E-state index contributed by atoms with van der Waals surface area (Å²) in [5.41, 5.74) is 33.7.